The number of rotatable bonds is 9. The van der Waals surface area contributed by atoms with Crippen molar-refractivity contribution in [1.82, 2.24) is 10.0 Å². The maximum atomic E-state index is 12.6. The second kappa shape index (κ2) is 10.8. The first-order valence-corrected chi connectivity index (χ1v) is 13.4. The Morgan fingerprint density at radius 2 is 1.42 bits per heavy atom. The lowest BCUT2D eigenvalue weighted by molar-refractivity contribution is -0.387. The van der Waals surface area contributed by atoms with Gasteiger partial charge in [-0.15, -0.1) is 0 Å². The van der Waals surface area contributed by atoms with E-state index in [1.807, 2.05) is 0 Å². The Balaban J connectivity index is 1.17. The zero-order valence-electron chi connectivity index (χ0n) is 18.9. The van der Waals surface area contributed by atoms with Crippen molar-refractivity contribution in [3.8, 4) is 0 Å². The molecule has 33 heavy (non-hydrogen) atoms. The van der Waals surface area contributed by atoms with Gasteiger partial charge >= 0.3 is 0 Å². The Hall–Kier alpha value is -2.29. The van der Waals surface area contributed by atoms with E-state index in [0.717, 1.165) is 45.2 Å². The first-order valence-electron chi connectivity index (χ1n) is 11.9. The molecule has 1 fully saturated rings. The predicted octanol–water partition coefficient (Wildman–Crippen LogP) is 4.07. The van der Waals surface area contributed by atoms with Crippen LogP contribution < -0.4 is 10.0 Å². The van der Waals surface area contributed by atoms with E-state index >= 15 is 0 Å². The number of nitrogens with zero attached hydrogens (tertiary/aromatic N) is 1. The number of hydrogen-bond acceptors (Lipinski definition) is 5. The van der Waals surface area contributed by atoms with E-state index in [2.05, 4.69) is 34.3 Å². The number of nitro groups is 1. The molecule has 0 bridgehead atoms. The molecule has 0 unspecified atom stereocenters. The van der Waals surface area contributed by atoms with Crippen molar-refractivity contribution in [2.24, 2.45) is 17.8 Å². The summed E-state index contributed by atoms with van der Waals surface area (Å²) in [5.41, 5.74) is 2.62. The third kappa shape index (κ3) is 6.19. The largest absolute Gasteiger partial charge is 0.316 e. The summed E-state index contributed by atoms with van der Waals surface area (Å²) in [6, 6.07) is 14.3. The summed E-state index contributed by atoms with van der Waals surface area (Å²) in [4.78, 5) is 10.2. The molecule has 8 heteroatoms. The van der Waals surface area contributed by atoms with Gasteiger partial charge in [0.05, 0.1) is 4.92 Å². The summed E-state index contributed by atoms with van der Waals surface area (Å²) in [5, 5.41) is 14.8. The predicted molar refractivity (Wildman–Crippen MR) is 129 cm³/mol. The minimum Gasteiger partial charge on any atom is -0.316 e. The maximum absolute atomic E-state index is 12.6. The molecule has 2 aromatic rings. The molecule has 7 nitrogen and oxygen atoms in total. The van der Waals surface area contributed by atoms with Gasteiger partial charge in [-0.25, -0.2) is 13.1 Å². The molecule has 2 aromatic carbocycles. The topological polar surface area (TPSA) is 101 Å². The number of nitrogens with one attached hydrogen (secondary N) is 2. The second-order valence-electron chi connectivity index (χ2n) is 9.50. The molecular weight excluding hydrogens is 438 g/mol. The number of sulfonamides is 1. The molecule has 0 spiro atoms. The Labute approximate surface area is 196 Å². The summed E-state index contributed by atoms with van der Waals surface area (Å²) in [7, 11) is -3.90. The first kappa shape index (κ1) is 23.9. The number of fused-ring (bicyclic) bond motifs is 1. The van der Waals surface area contributed by atoms with E-state index in [0.29, 0.717) is 18.4 Å². The van der Waals surface area contributed by atoms with Crippen molar-refractivity contribution in [2.45, 2.75) is 49.8 Å². The summed E-state index contributed by atoms with van der Waals surface area (Å²) < 4.78 is 27.8. The van der Waals surface area contributed by atoms with E-state index in [1.165, 1.54) is 48.2 Å². The van der Waals surface area contributed by atoms with Crippen LogP contribution in [0, 0.1) is 27.9 Å². The molecule has 0 aromatic heterocycles. The van der Waals surface area contributed by atoms with Crippen molar-refractivity contribution >= 4 is 15.7 Å². The van der Waals surface area contributed by atoms with Gasteiger partial charge in [-0.2, -0.15) is 0 Å². The van der Waals surface area contributed by atoms with Crippen LogP contribution in [0.15, 0.2) is 53.4 Å². The van der Waals surface area contributed by atoms with Crippen LogP contribution in [0.25, 0.3) is 0 Å². The zero-order valence-corrected chi connectivity index (χ0v) is 19.7. The summed E-state index contributed by atoms with van der Waals surface area (Å²) >= 11 is 0. The smallest absolute Gasteiger partial charge is 0.289 e. The Morgan fingerprint density at radius 1 is 0.818 bits per heavy atom. The minimum atomic E-state index is -3.90. The molecule has 1 saturated carbocycles. The third-order valence-corrected chi connectivity index (χ3v) is 8.67. The van der Waals surface area contributed by atoms with Crippen molar-refractivity contribution < 1.29 is 13.3 Å². The minimum absolute atomic E-state index is 0.266. The fraction of sp³-hybridized carbons (Fsp3) is 0.520. The SMILES string of the molecule is O=[N+]([O-])c1ccccc1S(=O)(=O)NCC1CCC(CNC[C@@H]2CCc3ccccc3C2)CC1. The average molecular weight is 472 g/mol. The van der Waals surface area contributed by atoms with Gasteiger partial charge in [0, 0.05) is 12.6 Å². The Kier molecular flexibility index (Phi) is 7.78. The highest BCUT2D eigenvalue weighted by molar-refractivity contribution is 7.89. The molecule has 0 amide bonds. The molecule has 0 heterocycles. The first-order chi connectivity index (χ1) is 15.9. The van der Waals surface area contributed by atoms with E-state index < -0.39 is 14.9 Å². The van der Waals surface area contributed by atoms with Crippen LogP contribution in [0.1, 0.15) is 43.2 Å². The summed E-state index contributed by atoms with van der Waals surface area (Å²) in [5.74, 6) is 1.60. The third-order valence-electron chi connectivity index (χ3n) is 7.19. The Morgan fingerprint density at radius 3 is 2.15 bits per heavy atom. The van der Waals surface area contributed by atoms with E-state index in [-0.39, 0.29) is 16.5 Å². The van der Waals surface area contributed by atoms with Gasteiger partial charge in [0.15, 0.2) is 4.90 Å². The lowest BCUT2D eigenvalue weighted by Crippen LogP contribution is -2.35. The van der Waals surface area contributed by atoms with Gasteiger partial charge in [-0.05, 0) is 93.0 Å². The highest BCUT2D eigenvalue weighted by Gasteiger charge is 2.27. The van der Waals surface area contributed by atoms with Gasteiger partial charge in [-0.3, -0.25) is 10.1 Å². The number of para-hydroxylation sites is 1. The number of hydrogen-bond donors (Lipinski definition) is 2. The van der Waals surface area contributed by atoms with Crippen LogP contribution in [0.2, 0.25) is 0 Å². The van der Waals surface area contributed by atoms with Crippen molar-refractivity contribution in [1.29, 1.82) is 0 Å². The van der Waals surface area contributed by atoms with Crippen LogP contribution in [-0.4, -0.2) is 33.0 Å². The number of aryl methyl sites for hydroxylation is 1. The molecule has 0 saturated heterocycles. The van der Waals surface area contributed by atoms with Gasteiger partial charge in [-0.1, -0.05) is 36.4 Å². The fourth-order valence-corrected chi connectivity index (χ4v) is 6.51. The van der Waals surface area contributed by atoms with Crippen LogP contribution >= 0.6 is 0 Å². The molecular formula is C25H33N3O4S. The highest BCUT2D eigenvalue weighted by Crippen LogP contribution is 2.30. The van der Waals surface area contributed by atoms with Crippen LogP contribution in [0.4, 0.5) is 5.69 Å². The van der Waals surface area contributed by atoms with Crippen LogP contribution in [-0.2, 0) is 22.9 Å². The lowest BCUT2D eigenvalue weighted by atomic mass is 9.81. The van der Waals surface area contributed by atoms with Crippen LogP contribution in [0.3, 0.4) is 0 Å². The fourth-order valence-electron chi connectivity index (χ4n) is 5.22. The van der Waals surface area contributed by atoms with Crippen molar-refractivity contribution in [3.05, 3.63) is 69.8 Å². The van der Waals surface area contributed by atoms with Gasteiger partial charge in [0.1, 0.15) is 0 Å². The summed E-state index contributed by atoms with van der Waals surface area (Å²) in [6.45, 7) is 2.41. The van der Waals surface area contributed by atoms with E-state index in [4.69, 9.17) is 0 Å². The normalized spacial score (nSPS) is 23.1. The molecule has 1 atom stereocenters. The van der Waals surface area contributed by atoms with E-state index in [9.17, 15) is 18.5 Å². The molecule has 0 aliphatic heterocycles. The van der Waals surface area contributed by atoms with Crippen molar-refractivity contribution in [3.63, 3.8) is 0 Å². The molecule has 2 N–H and O–H groups in total. The van der Waals surface area contributed by atoms with Gasteiger partial charge < -0.3 is 5.32 Å². The maximum Gasteiger partial charge on any atom is 0.289 e. The molecule has 0 radical (unpaired) electrons. The monoisotopic (exact) mass is 471 g/mol. The second-order valence-corrected chi connectivity index (χ2v) is 11.2. The summed E-state index contributed by atoms with van der Waals surface area (Å²) in [6.07, 6.45) is 7.70. The average Bonchev–Trinajstić information content (AvgIpc) is 2.83. The molecule has 2 aliphatic carbocycles. The highest BCUT2D eigenvalue weighted by atomic mass is 32.2. The van der Waals surface area contributed by atoms with E-state index in [1.54, 1.807) is 0 Å². The van der Waals surface area contributed by atoms with Crippen molar-refractivity contribution in [2.75, 3.05) is 19.6 Å². The number of nitro benzene ring substituents is 1. The standard InChI is InChI=1S/C25H33N3O4S/c29-28(30)24-7-3-4-8-25(24)33(31,32)27-18-20-11-9-19(10-12-20)16-26-17-21-13-14-22-5-1-2-6-23(22)15-21/h1-8,19-21,26-27H,9-18H2/t19?,20?,21-/m1/s1. The molecule has 2 aliphatic rings. The van der Waals surface area contributed by atoms with Gasteiger partial charge in [0.25, 0.3) is 5.69 Å². The van der Waals surface area contributed by atoms with Gasteiger partial charge in [0.2, 0.25) is 10.0 Å². The Bertz CT molecular complexity index is 1060. The molecule has 4 rings (SSSR count). The molecule has 178 valence electrons. The zero-order chi connectivity index (χ0) is 23.3. The lowest BCUT2D eigenvalue weighted by Gasteiger charge is -2.30. The quantitative estimate of drug-likeness (QED) is 0.424. The number of benzene rings is 2. The van der Waals surface area contributed by atoms with Crippen LogP contribution in [0.5, 0.6) is 0 Å².